The van der Waals surface area contributed by atoms with E-state index < -0.39 is 29.1 Å². The van der Waals surface area contributed by atoms with Gasteiger partial charge in [-0.05, 0) is 25.6 Å². The monoisotopic (exact) mass is 422 g/mol. The number of hydrogen-bond donors (Lipinski definition) is 6. The van der Waals surface area contributed by atoms with Crippen LogP contribution in [0.15, 0.2) is 30.3 Å². The molecular formula is C18H26N6O4S. The SMILES string of the molecule is CN[C@@H](N)C(=O)NCC1COC2(S)CC[C@@H](C(=O)NNc3ccccc3)N2C1=O. The Morgan fingerprint density at radius 3 is 2.79 bits per heavy atom. The molecule has 158 valence electrons. The molecule has 29 heavy (non-hydrogen) atoms. The van der Waals surface area contributed by atoms with Gasteiger partial charge in [0.25, 0.3) is 11.8 Å². The molecule has 1 aromatic rings. The first kappa shape index (κ1) is 21.4. The zero-order chi connectivity index (χ0) is 21.0. The van der Waals surface area contributed by atoms with E-state index in [0.717, 1.165) is 5.69 Å². The van der Waals surface area contributed by atoms with E-state index >= 15 is 0 Å². The predicted octanol–water partition coefficient (Wildman–Crippen LogP) is -1.03. The fourth-order valence-electron chi connectivity index (χ4n) is 3.39. The maximum absolute atomic E-state index is 13.1. The second-order valence-electron chi connectivity index (χ2n) is 7.01. The zero-order valence-corrected chi connectivity index (χ0v) is 16.9. The van der Waals surface area contributed by atoms with Gasteiger partial charge in [-0.25, -0.2) is 0 Å². The van der Waals surface area contributed by atoms with Crippen molar-refractivity contribution in [2.45, 2.75) is 30.1 Å². The van der Waals surface area contributed by atoms with E-state index in [1.54, 1.807) is 7.05 Å². The van der Waals surface area contributed by atoms with E-state index in [-0.39, 0.29) is 25.0 Å². The largest absolute Gasteiger partial charge is 0.353 e. The van der Waals surface area contributed by atoms with Crippen LogP contribution in [0.1, 0.15) is 12.8 Å². The van der Waals surface area contributed by atoms with Crippen molar-refractivity contribution in [2.75, 3.05) is 25.6 Å². The lowest BCUT2D eigenvalue weighted by atomic mass is 10.1. The van der Waals surface area contributed by atoms with Gasteiger partial charge in [0.2, 0.25) is 5.91 Å². The average Bonchev–Trinajstić information content (AvgIpc) is 3.09. The number of fused-ring (bicyclic) bond motifs is 1. The van der Waals surface area contributed by atoms with Crippen LogP contribution in [0.3, 0.4) is 0 Å². The van der Waals surface area contributed by atoms with Crippen LogP contribution in [0.5, 0.6) is 0 Å². The Morgan fingerprint density at radius 1 is 1.38 bits per heavy atom. The Balaban J connectivity index is 1.63. The van der Waals surface area contributed by atoms with Gasteiger partial charge in [0.1, 0.15) is 12.2 Å². The van der Waals surface area contributed by atoms with Crippen molar-refractivity contribution in [1.82, 2.24) is 21.0 Å². The average molecular weight is 423 g/mol. The highest BCUT2D eigenvalue weighted by molar-refractivity contribution is 7.81. The molecule has 11 heteroatoms. The number of anilines is 1. The minimum absolute atomic E-state index is 0.0595. The summed E-state index contributed by atoms with van der Waals surface area (Å²) in [4.78, 5) is 39.0. The molecule has 2 aliphatic rings. The quantitative estimate of drug-likeness (QED) is 0.188. The topological polar surface area (TPSA) is 138 Å². The second kappa shape index (κ2) is 8.99. The summed E-state index contributed by atoms with van der Waals surface area (Å²) < 4.78 is 5.81. The number of nitrogens with zero attached hydrogens (tertiary/aromatic N) is 1. The summed E-state index contributed by atoms with van der Waals surface area (Å²) in [6.45, 7) is 0.161. The number of rotatable bonds is 7. The van der Waals surface area contributed by atoms with Crippen LogP contribution < -0.4 is 27.2 Å². The number of amides is 3. The third kappa shape index (κ3) is 4.64. The molecule has 10 nitrogen and oxygen atoms in total. The van der Waals surface area contributed by atoms with Gasteiger partial charge in [-0.3, -0.25) is 35.5 Å². The first-order chi connectivity index (χ1) is 13.9. The van der Waals surface area contributed by atoms with Crippen molar-refractivity contribution in [2.24, 2.45) is 11.7 Å². The molecule has 2 unspecified atom stereocenters. The third-order valence-electron chi connectivity index (χ3n) is 5.06. The van der Waals surface area contributed by atoms with Gasteiger partial charge >= 0.3 is 0 Å². The van der Waals surface area contributed by atoms with Crippen LogP contribution in [0.25, 0.3) is 0 Å². The van der Waals surface area contributed by atoms with Crippen molar-refractivity contribution >= 4 is 36.0 Å². The summed E-state index contributed by atoms with van der Waals surface area (Å²) in [6.07, 6.45) is -0.0241. The Morgan fingerprint density at radius 2 is 2.10 bits per heavy atom. The van der Waals surface area contributed by atoms with Gasteiger partial charge in [-0.1, -0.05) is 18.2 Å². The highest BCUT2D eigenvalue weighted by atomic mass is 32.1. The smallest absolute Gasteiger partial charge is 0.261 e. The molecule has 2 aliphatic heterocycles. The molecule has 0 spiro atoms. The summed E-state index contributed by atoms with van der Waals surface area (Å²) in [5, 5.41) is 4.12. The summed E-state index contributed by atoms with van der Waals surface area (Å²) in [6, 6.07) is 8.43. The summed E-state index contributed by atoms with van der Waals surface area (Å²) in [7, 11) is 1.56. The highest BCUT2D eigenvalue weighted by Gasteiger charge is 2.54. The number of benzene rings is 1. The van der Waals surface area contributed by atoms with E-state index in [1.165, 1.54) is 4.90 Å². The molecule has 3 amide bonds. The maximum Gasteiger partial charge on any atom is 0.261 e. The van der Waals surface area contributed by atoms with Gasteiger partial charge in [-0.2, -0.15) is 0 Å². The molecule has 2 fully saturated rings. The molecule has 6 N–H and O–H groups in total. The fourth-order valence-corrected chi connectivity index (χ4v) is 3.83. The Labute approximate surface area is 174 Å². The Kier molecular flexibility index (Phi) is 6.63. The number of hydrazine groups is 1. The van der Waals surface area contributed by atoms with Gasteiger partial charge < -0.3 is 15.8 Å². The number of ether oxygens (including phenoxy) is 1. The van der Waals surface area contributed by atoms with E-state index in [4.69, 9.17) is 10.5 Å². The van der Waals surface area contributed by atoms with E-state index in [1.807, 2.05) is 30.3 Å². The lowest BCUT2D eigenvalue weighted by molar-refractivity contribution is -0.177. The maximum atomic E-state index is 13.1. The van der Waals surface area contributed by atoms with Crippen LogP contribution >= 0.6 is 12.6 Å². The second-order valence-corrected chi connectivity index (χ2v) is 7.70. The van der Waals surface area contributed by atoms with Crippen molar-refractivity contribution < 1.29 is 19.1 Å². The van der Waals surface area contributed by atoms with E-state index in [0.29, 0.717) is 12.8 Å². The van der Waals surface area contributed by atoms with Gasteiger partial charge in [-0.15, -0.1) is 12.6 Å². The minimum Gasteiger partial charge on any atom is -0.353 e. The van der Waals surface area contributed by atoms with Crippen LogP contribution in [0.4, 0.5) is 5.69 Å². The molecular weight excluding hydrogens is 396 g/mol. The normalized spacial score (nSPS) is 27.1. The third-order valence-corrected chi connectivity index (χ3v) is 5.62. The standard InChI is InChI=1S/C18H26N6O4S/c1-20-14(19)16(26)21-9-11-10-28-18(29)8-7-13(24(18)17(11)27)15(25)23-22-12-5-3-2-4-6-12/h2-6,11,13-14,20,22,29H,7-10,19H2,1H3,(H,21,26)(H,23,25)/t11?,13-,14+,18?/m0/s1. The lowest BCUT2D eigenvalue weighted by Crippen LogP contribution is -2.61. The summed E-state index contributed by atoms with van der Waals surface area (Å²) in [5.74, 6) is -1.70. The Bertz CT molecular complexity index is 766. The number of carbonyl (C=O) groups excluding carboxylic acids is 3. The summed E-state index contributed by atoms with van der Waals surface area (Å²) in [5.41, 5.74) is 11.8. The van der Waals surface area contributed by atoms with E-state index in [2.05, 4.69) is 34.1 Å². The number of thiol groups is 1. The highest BCUT2D eigenvalue weighted by Crippen LogP contribution is 2.42. The van der Waals surface area contributed by atoms with E-state index in [9.17, 15) is 14.4 Å². The molecule has 0 aromatic heterocycles. The van der Waals surface area contributed by atoms with Crippen LogP contribution in [-0.4, -0.2) is 60.1 Å². The molecule has 0 radical (unpaired) electrons. The predicted molar refractivity (Wildman–Crippen MR) is 109 cm³/mol. The van der Waals surface area contributed by atoms with Crippen molar-refractivity contribution in [3.05, 3.63) is 30.3 Å². The first-order valence-electron chi connectivity index (χ1n) is 9.36. The molecule has 4 atom stereocenters. The number of nitrogens with one attached hydrogen (secondary N) is 4. The number of likely N-dealkylation sites (N-methyl/N-ethyl adjacent to an activating group) is 1. The molecule has 0 bridgehead atoms. The van der Waals surface area contributed by atoms with Gasteiger partial charge in [0.15, 0.2) is 5.06 Å². The number of hydrogen-bond acceptors (Lipinski definition) is 8. The molecule has 1 aromatic carbocycles. The summed E-state index contributed by atoms with van der Waals surface area (Å²) >= 11 is 4.52. The fraction of sp³-hybridized carbons (Fsp3) is 0.500. The van der Waals surface area contributed by atoms with Crippen molar-refractivity contribution in [3.8, 4) is 0 Å². The number of para-hydroxylation sites is 1. The van der Waals surface area contributed by atoms with Gasteiger partial charge in [0.05, 0.1) is 18.2 Å². The molecule has 0 saturated carbocycles. The molecule has 2 saturated heterocycles. The Hall–Kier alpha value is -2.34. The molecule has 3 rings (SSSR count). The zero-order valence-electron chi connectivity index (χ0n) is 16.1. The van der Waals surface area contributed by atoms with Crippen LogP contribution in [0.2, 0.25) is 0 Å². The van der Waals surface area contributed by atoms with Crippen molar-refractivity contribution in [1.29, 1.82) is 0 Å². The minimum atomic E-state index is -1.13. The number of carbonyl (C=O) groups is 3. The first-order valence-corrected chi connectivity index (χ1v) is 9.81. The van der Waals surface area contributed by atoms with Crippen LogP contribution in [0, 0.1) is 5.92 Å². The van der Waals surface area contributed by atoms with Gasteiger partial charge in [0, 0.05) is 13.0 Å². The molecule has 0 aliphatic carbocycles. The van der Waals surface area contributed by atoms with Crippen molar-refractivity contribution in [3.63, 3.8) is 0 Å². The van der Waals surface area contributed by atoms with Crippen LogP contribution in [-0.2, 0) is 19.1 Å². The number of nitrogens with two attached hydrogens (primary N) is 1. The lowest BCUT2D eigenvalue weighted by Gasteiger charge is -2.43. The molecule has 2 heterocycles.